The van der Waals surface area contributed by atoms with Gasteiger partial charge in [0.05, 0.1) is 27.8 Å². The summed E-state index contributed by atoms with van der Waals surface area (Å²) in [4.78, 5) is 29.2. The van der Waals surface area contributed by atoms with Crippen LogP contribution in [-0.2, 0) is 29.0 Å². The first kappa shape index (κ1) is 28.6. The molecule has 7 nitrogen and oxygen atoms in total. The lowest BCUT2D eigenvalue weighted by molar-refractivity contribution is -0.140. The third-order valence-corrected chi connectivity index (χ3v) is 6.27. The Balaban J connectivity index is 1.97. The van der Waals surface area contributed by atoms with Gasteiger partial charge in [-0.25, -0.2) is 0 Å². The van der Waals surface area contributed by atoms with E-state index in [1.54, 1.807) is 38.4 Å². The van der Waals surface area contributed by atoms with Crippen LogP contribution in [0, 0.1) is 5.92 Å². The Kier molecular flexibility index (Phi) is 10.6. The van der Waals surface area contributed by atoms with Gasteiger partial charge in [-0.05, 0) is 46.9 Å². The lowest BCUT2D eigenvalue weighted by Gasteiger charge is -2.32. The Morgan fingerprint density at radius 1 is 0.789 bits per heavy atom. The monoisotopic (exact) mass is 518 g/mol. The fourth-order valence-corrected chi connectivity index (χ4v) is 4.17. The van der Waals surface area contributed by atoms with E-state index in [1.165, 1.54) is 0 Å². The average molecular weight is 519 g/mol. The van der Waals surface area contributed by atoms with E-state index in [0.29, 0.717) is 24.5 Å². The van der Waals surface area contributed by atoms with Crippen LogP contribution in [0.5, 0.6) is 17.2 Å². The maximum atomic E-state index is 13.9. The molecule has 0 heterocycles. The smallest absolute Gasteiger partial charge is 0.243 e. The molecule has 0 saturated heterocycles. The zero-order chi connectivity index (χ0) is 27.5. The predicted octanol–water partition coefficient (Wildman–Crippen LogP) is 4.67. The summed E-state index contributed by atoms with van der Waals surface area (Å²) in [5, 5.41) is 3.05. The number of benzene rings is 3. The molecule has 0 aliphatic rings. The van der Waals surface area contributed by atoms with Gasteiger partial charge in [-0.3, -0.25) is 9.59 Å². The molecule has 1 atom stereocenters. The highest BCUT2D eigenvalue weighted by molar-refractivity contribution is 5.89. The third kappa shape index (κ3) is 8.00. The van der Waals surface area contributed by atoms with E-state index < -0.39 is 6.04 Å². The van der Waals surface area contributed by atoms with Crippen molar-refractivity contribution in [2.75, 3.05) is 27.9 Å². The van der Waals surface area contributed by atoms with Crippen molar-refractivity contribution < 1.29 is 23.8 Å². The van der Waals surface area contributed by atoms with Gasteiger partial charge in [0.15, 0.2) is 11.5 Å². The first-order chi connectivity index (χ1) is 18.3. The van der Waals surface area contributed by atoms with Crippen molar-refractivity contribution in [3.05, 3.63) is 89.5 Å². The molecule has 0 aliphatic carbocycles. The van der Waals surface area contributed by atoms with E-state index in [1.807, 2.05) is 74.5 Å². The molecule has 1 unspecified atom stereocenters. The van der Waals surface area contributed by atoms with Gasteiger partial charge in [-0.15, -0.1) is 0 Å². The number of carbonyl (C=O) groups is 2. The fraction of sp³-hybridized carbons (Fsp3) is 0.355. The van der Waals surface area contributed by atoms with Crippen LogP contribution in [-0.4, -0.2) is 50.6 Å². The van der Waals surface area contributed by atoms with Crippen molar-refractivity contribution in [3.63, 3.8) is 0 Å². The van der Waals surface area contributed by atoms with Crippen molar-refractivity contribution in [1.29, 1.82) is 0 Å². The minimum atomic E-state index is -0.689. The quantitative estimate of drug-likeness (QED) is 0.356. The predicted molar refractivity (Wildman–Crippen MR) is 149 cm³/mol. The standard InChI is InChI=1S/C31H38N2O5/c1-22(2)20-32-31(35)27(17-23-9-7-6-8-10-23)33(21-24-11-14-26(36-3)15-12-24)30(34)19-25-13-16-28(37-4)29(18-25)38-5/h6-16,18,22,27H,17,19-21H2,1-5H3,(H,32,35). The van der Waals surface area contributed by atoms with Gasteiger partial charge in [0.25, 0.3) is 0 Å². The number of rotatable bonds is 13. The zero-order valence-corrected chi connectivity index (χ0v) is 22.9. The molecule has 2 amide bonds. The van der Waals surface area contributed by atoms with Crippen molar-refractivity contribution in [1.82, 2.24) is 10.2 Å². The highest BCUT2D eigenvalue weighted by Gasteiger charge is 2.30. The van der Waals surface area contributed by atoms with Crippen molar-refractivity contribution >= 4 is 11.8 Å². The maximum Gasteiger partial charge on any atom is 0.243 e. The molecular formula is C31H38N2O5. The molecule has 0 saturated carbocycles. The summed E-state index contributed by atoms with van der Waals surface area (Å²) in [7, 11) is 4.75. The molecule has 0 aliphatic heterocycles. The molecule has 3 aromatic rings. The molecule has 0 aromatic heterocycles. The molecule has 3 aromatic carbocycles. The molecule has 0 radical (unpaired) electrons. The number of hydrogen-bond donors (Lipinski definition) is 1. The normalized spacial score (nSPS) is 11.5. The van der Waals surface area contributed by atoms with Gasteiger partial charge in [0.1, 0.15) is 11.8 Å². The molecule has 38 heavy (non-hydrogen) atoms. The van der Waals surface area contributed by atoms with Crippen LogP contribution >= 0.6 is 0 Å². The number of nitrogens with one attached hydrogen (secondary N) is 1. The number of amides is 2. The number of hydrogen-bond acceptors (Lipinski definition) is 5. The van der Waals surface area contributed by atoms with E-state index in [9.17, 15) is 9.59 Å². The van der Waals surface area contributed by atoms with Crippen LogP contribution in [0.4, 0.5) is 0 Å². The second-order valence-corrected chi connectivity index (χ2v) is 9.58. The van der Waals surface area contributed by atoms with Crippen LogP contribution < -0.4 is 19.5 Å². The molecule has 1 N–H and O–H groups in total. The number of carbonyl (C=O) groups excluding carboxylic acids is 2. The SMILES string of the molecule is COc1ccc(CN(C(=O)Cc2ccc(OC)c(OC)c2)C(Cc2ccccc2)C(=O)NCC(C)C)cc1. The molecule has 7 heteroatoms. The molecule has 3 rings (SSSR count). The van der Waals surface area contributed by atoms with E-state index in [4.69, 9.17) is 14.2 Å². The number of methoxy groups -OCH3 is 3. The lowest BCUT2D eigenvalue weighted by Crippen LogP contribution is -2.51. The number of ether oxygens (including phenoxy) is 3. The van der Waals surface area contributed by atoms with Crippen molar-refractivity contribution in [2.45, 2.75) is 39.3 Å². The second kappa shape index (κ2) is 14.1. The molecular weight excluding hydrogens is 480 g/mol. The van der Waals surface area contributed by atoms with Crippen LogP contribution in [0.3, 0.4) is 0 Å². The minimum absolute atomic E-state index is 0.110. The topological polar surface area (TPSA) is 77.1 Å². The summed E-state index contributed by atoms with van der Waals surface area (Å²) < 4.78 is 16.1. The summed E-state index contributed by atoms with van der Waals surface area (Å²) >= 11 is 0. The summed E-state index contributed by atoms with van der Waals surface area (Å²) in [5.41, 5.74) is 2.66. The maximum absolute atomic E-state index is 13.9. The minimum Gasteiger partial charge on any atom is -0.497 e. The fourth-order valence-electron chi connectivity index (χ4n) is 4.17. The van der Waals surface area contributed by atoms with E-state index in [0.717, 1.165) is 22.4 Å². The largest absolute Gasteiger partial charge is 0.497 e. The summed E-state index contributed by atoms with van der Waals surface area (Å²) in [6.07, 6.45) is 0.512. The van der Waals surface area contributed by atoms with Crippen LogP contribution in [0.1, 0.15) is 30.5 Å². The van der Waals surface area contributed by atoms with Crippen LogP contribution in [0.2, 0.25) is 0 Å². The van der Waals surface area contributed by atoms with Crippen LogP contribution in [0.15, 0.2) is 72.8 Å². The Morgan fingerprint density at radius 2 is 1.45 bits per heavy atom. The van der Waals surface area contributed by atoms with Gasteiger partial charge in [-0.2, -0.15) is 0 Å². The zero-order valence-electron chi connectivity index (χ0n) is 22.9. The molecule has 0 spiro atoms. The Labute approximate surface area is 225 Å². The summed E-state index contributed by atoms with van der Waals surface area (Å²) in [5.74, 6) is 1.83. The first-order valence-corrected chi connectivity index (χ1v) is 12.8. The van der Waals surface area contributed by atoms with Gasteiger partial charge in [0, 0.05) is 19.5 Å². The molecule has 0 bridgehead atoms. The Morgan fingerprint density at radius 3 is 2.05 bits per heavy atom. The summed E-state index contributed by atoms with van der Waals surface area (Å²) in [6, 6.07) is 22.1. The average Bonchev–Trinajstić information content (AvgIpc) is 2.94. The van der Waals surface area contributed by atoms with Gasteiger partial charge < -0.3 is 24.4 Å². The Hall–Kier alpha value is -4.00. The van der Waals surface area contributed by atoms with E-state index >= 15 is 0 Å². The molecule has 202 valence electrons. The van der Waals surface area contributed by atoms with Crippen molar-refractivity contribution in [3.8, 4) is 17.2 Å². The summed E-state index contributed by atoms with van der Waals surface area (Å²) in [6.45, 7) is 4.90. The van der Waals surface area contributed by atoms with Crippen molar-refractivity contribution in [2.24, 2.45) is 5.92 Å². The third-order valence-electron chi connectivity index (χ3n) is 6.27. The lowest BCUT2D eigenvalue weighted by atomic mass is 10.0. The van der Waals surface area contributed by atoms with Gasteiger partial charge in [0.2, 0.25) is 11.8 Å². The first-order valence-electron chi connectivity index (χ1n) is 12.8. The number of nitrogens with zero attached hydrogens (tertiary/aromatic N) is 1. The van der Waals surface area contributed by atoms with Gasteiger partial charge in [-0.1, -0.05) is 62.4 Å². The van der Waals surface area contributed by atoms with Crippen LogP contribution in [0.25, 0.3) is 0 Å². The highest BCUT2D eigenvalue weighted by atomic mass is 16.5. The highest BCUT2D eigenvalue weighted by Crippen LogP contribution is 2.28. The van der Waals surface area contributed by atoms with E-state index in [-0.39, 0.29) is 30.7 Å². The second-order valence-electron chi connectivity index (χ2n) is 9.58. The molecule has 0 fully saturated rings. The van der Waals surface area contributed by atoms with Gasteiger partial charge >= 0.3 is 0 Å². The van der Waals surface area contributed by atoms with E-state index in [2.05, 4.69) is 5.32 Å². The Bertz CT molecular complexity index is 1180.